The monoisotopic (exact) mass is 505 g/mol. The molecule has 10 heteroatoms. The van der Waals surface area contributed by atoms with Crippen LogP contribution in [0.15, 0.2) is 60.9 Å². The van der Waals surface area contributed by atoms with Crippen molar-refractivity contribution in [3.05, 3.63) is 83.0 Å². The Morgan fingerprint density at radius 1 is 1.14 bits per heavy atom. The maximum atomic E-state index is 13.3. The molecule has 3 N–H and O–H groups in total. The first-order valence-corrected chi connectivity index (χ1v) is 12.6. The van der Waals surface area contributed by atoms with Gasteiger partial charge >= 0.3 is 0 Å². The van der Waals surface area contributed by atoms with E-state index in [1.54, 1.807) is 42.6 Å². The smallest absolute Gasteiger partial charge is 0.248 e. The van der Waals surface area contributed by atoms with Crippen molar-refractivity contribution in [3.63, 3.8) is 0 Å². The van der Waals surface area contributed by atoms with Crippen LogP contribution in [-0.4, -0.2) is 66.9 Å². The zero-order valence-electron chi connectivity index (χ0n) is 20.9. The molecule has 1 aromatic carbocycles. The highest BCUT2D eigenvalue weighted by Gasteiger charge is 2.30. The molecule has 196 valence electrons. The number of hydrogen-bond acceptors (Lipinski definition) is 7. The van der Waals surface area contributed by atoms with E-state index < -0.39 is 24.0 Å². The summed E-state index contributed by atoms with van der Waals surface area (Å²) in [4.78, 5) is 31.7. The fraction of sp³-hybridized carbons (Fsp3) is 0.407. The summed E-state index contributed by atoms with van der Waals surface area (Å²) < 4.78 is 1.47. The van der Waals surface area contributed by atoms with Gasteiger partial charge in [0.1, 0.15) is 0 Å². The van der Waals surface area contributed by atoms with Gasteiger partial charge in [0.2, 0.25) is 11.8 Å². The van der Waals surface area contributed by atoms with E-state index >= 15 is 0 Å². The van der Waals surface area contributed by atoms with Gasteiger partial charge in [-0.3, -0.25) is 14.5 Å². The van der Waals surface area contributed by atoms with Gasteiger partial charge in [0.15, 0.2) is 11.9 Å². The largest absolute Gasteiger partial charge is 0.756 e. The molecule has 1 saturated carbocycles. The van der Waals surface area contributed by atoms with E-state index in [1.807, 2.05) is 6.07 Å². The molecule has 1 fully saturated rings. The Morgan fingerprint density at radius 3 is 2.57 bits per heavy atom. The number of nitrogens with two attached hydrogens (primary N) is 1. The SMILES string of the molecule is CN(Cc1ccn(-c2ncccc2C(=O)N([O-])C(Cc2ccccc2)C(O)C(N)=O)n1)C1CCCCC1. The van der Waals surface area contributed by atoms with Crippen LogP contribution in [0.1, 0.15) is 53.7 Å². The summed E-state index contributed by atoms with van der Waals surface area (Å²) in [5.41, 5.74) is 6.78. The minimum absolute atomic E-state index is 0.00233. The summed E-state index contributed by atoms with van der Waals surface area (Å²) in [6.07, 6.45) is 7.45. The van der Waals surface area contributed by atoms with Gasteiger partial charge in [-0.15, -0.1) is 0 Å². The molecule has 2 unspecified atom stereocenters. The maximum Gasteiger partial charge on any atom is 0.248 e. The number of aromatic nitrogens is 3. The molecule has 0 aliphatic heterocycles. The molecule has 2 atom stereocenters. The van der Waals surface area contributed by atoms with Gasteiger partial charge in [-0.1, -0.05) is 49.6 Å². The van der Waals surface area contributed by atoms with Crippen molar-refractivity contribution in [3.8, 4) is 5.82 Å². The second-order valence-electron chi connectivity index (χ2n) is 9.57. The van der Waals surface area contributed by atoms with Gasteiger partial charge in [0.25, 0.3) is 0 Å². The number of amides is 2. The van der Waals surface area contributed by atoms with E-state index in [2.05, 4.69) is 22.0 Å². The van der Waals surface area contributed by atoms with E-state index in [0.29, 0.717) is 18.2 Å². The molecular weight excluding hydrogens is 472 g/mol. The van der Waals surface area contributed by atoms with Crippen LogP contribution >= 0.6 is 0 Å². The van der Waals surface area contributed by atoms with Crippen molar-refractivity contribution < 1.29 is 14.7 Å². The molecule has 0 spiro atoms. The molecule has 2 aromatic heterocycles. The lowest BCUT2D eigenvalue weighted by molar-refractivity contribution is -0.128. The fourth-order valence-corrected chi connectivity index (χ4v) is 4.85. The first kappa shape index (κ1) is 26.5. The lowest BCUT2D eigenvalue weighted by Crippen LogP contribution is -2.50. The van der Waals surface area contributed by atoms with Crippen molar-refractivity contribution in [2.45, 2.75) is 63.3 Å². The van der Waals surface area contributed by atoms with Crippen molar-refractivity contribution in [1.82, 2.24) is 24.7 Å². The number of aliphatic hydroxyl groups is 1. The predicted octanol–water partition coefficient (Wildman–Crippen LogP) is 2.43. The molecule has 0 radical (unpaired) electrons. The van der Waals surface area contributed by atoms with Crippen molar-refractivity contribution in [2.75, 3.05) is 7.05 Å². The third-order valence-electron chi connectivity index (χ3n) is 6.93. The summed E-state index contributed by atoms with van der Waals surface area (Å²) in [5.74, 6) is -1.84. The molecule has 0 saturated heterocycles. The van der Waals surface area contributed by atoms with Crippen LogP contribution in [0, 0.1) is 5.21 Å². The molecule has 1 aliphatic carbocycles. The standard InChI is InChI=1S/C27H33N6O4/c1-31(21-11-6-3-7-12-21)18-20-14-16-32(30-20)26-22(13-8-15-29-26)27(36)33(37)23(24(34)25(28)35)17-19-9-4-2-5-10-19/h2,4-5,8-10,13-16,21,23-24,34H,3,6-7,11-12,17-18H2,1H3,(H2,28,35)/q-1. The summed E-state index contributed by atoms with van der Waals surface area (Å²) in [7, 11) is 2.09. The predicted molar refractivity (Wildman–Crippen MR) is 138 cm³/mol. The maximum absolute atomic E-state index is 13.3. The minimum Gasteiger partial charge on any atom is -0.756 e. The molecule has 10 nitrogen and oxygen atoms in total. The van der Waals surface area contributed by atoms with E-state index in [-0.39, 0.29) is 22.9 Å². The summed E-state index contributed by atoms with van der Waals surface area (Å²) in [6.45, 7) is 0.658. The Bertz CT molecular complexity index is 1190. The Hall–Kier alpha value is -3.60. The zero-order valence-corrected chi connectivity index (χ0v) is 20.9. The average Bonchev–Trinajstić information content (AvgIpc) is 3.39. The quantitative estimate of drug-likeness (QED) is 0.403. The highest BCUT2D eigenvalue weighted by molar-refractivity contribution is 5.98. The minimum atomic E-state index is -1.84. The molecule has 37 heavy (non-hydrogen) atoms. The second kappa shape index (κ2) is 12.1. The number of aliphatic hydroxyl groups excluding tert-OH is 1. The number of hydrogen-bond donors (Lipinski definition) is 2. The Kier molecular flexibility index (Phi) is 8.65. The van der Waals surface area contributed by atoms with Crippen LogP contribution < -0.4 is 5.73 Å². The zero-order chi connectivity index (χ0) is 26.4. The average molecular weight is 506 g/mol. The van der Waals surface area contributed by atoms with Crippen LogP contribution in [-0.2, 0) is 17.8 Å². The first-order chi connectivity index (χ1) is 17.8. The third-order valence-corrected chi connectivity index (χ3v) is 6.93. The highest BCUT2D eigenvalue weighted by atomic mass is 16.5. The number of benzene rings is 1. The summed E-state index contributed by atoms with van der Waals surface area (Å²) >= 11 is 0. The number of carbonyl (C=O) groups excluding carboxylic acids is 2. The Labute approximate surface area is 216 Å². The van der Waals surface area contributed by atoms with Gasteiger partial charge in [-0.05, 0) is 50.1 Å². The fourth-order valence-electron chi connectivity index (χ4n) is 4.85. The molecule has 0 bridgehead atoms. The number of primary amides is 1. The van der Waals surface area contributed by atoms with Crippen LogP contribution in [0.4, 0.5) is 0 Å². The van der Waals surface area contributed by atoms with Crippen LogP contribution in [0.5, 0.6) is 0 Å². The van der Waals surface area contributed by atoms with Gasteiger partial charge in [0.05, 0.1) is 17.3 Å². The van der Waals surface area contributed by atoms with Crippen LogP contribution in [0.2, 0.25) is 0 Å². The van der Waals surface area contributed by atoms with Crippen molar-refractivity contribution >= 4 is 11.8 Å². The topological polar surface area (TPSA) is 141 Å². The summed E-state index contributed by atoms with van der Waals surface area (Å²) in [5, 5.41) is 28.4. The molecule has 4 rings (SSSR count). The van der Waals surface area contributed by atoms with Crippen LogP contribution in [0.25, 0.3) is 5.82 Å². The van der Waals surface area contributed by atoms with Crippen molar-refractivity contribution in [1.29, 1.82) is 0 Å². The van der Waals surface area contributed by atoms with E-state index in [4.69, 9.17) is 5.73 Å². The van der Waals surface area contributed by atoms with Gasteiger partial charge in [-0.2, -0.15) is 5.10 Å². The summed E-state index contributed by atoms with van der Waals surface area (Å²) in [6, 6.07) is 12.8. The Morgan fingerprint density at radius 2 is 1.86 bits per heavy atom. The van der Waals surface area contributed by atoms with Gasteiger partial charge in [0, 0.05) is 25.0 Å². The molecule has 2 heterocycles. The van der Waals surface area contributed by atoms with Crippen molar-refractivity contribution in [2.24, 2.45) is 5.73 Å². The lowest BCUT2D eigenvalue weighted by Gasteiger charge is -2.39. The van der Waals surface area contributed by atoms with Gasteiger partial charge < -0.3 is 21.1 Å². The number of nitrogens with zero attached hydrogens (tertiary/aromatic N) is 5. The van der Waals surface area contributed by atoms with Crippen LogP contribution in [0.3, 0.4) is 0 Å². The number of pyridine rings is 1. The second-order valence-corrected chi connectivity index (χ2v) is 9.57. The molecular formula is C27H33N6O4-. The Balaban J connectivity index is 1.55. The normalized spacial score (nSPS) is 15.9. The highest BCUT2D eigenvalue weighted by Crippen LogP contribution is 2.23. The first-order valence-electron chi connectivity index (χ1n) is 12.6. The third kappa shape index (κ3) is 6.40. The number of hydroxylamine groups is 2. The lowest BCUT2D eigenvalue weighted by atomic mass is 9.94. The van der Waals surface area contributed by atoms with E-state index in [1.165, 1.54) is 49.0 Å². The molecule has 2 amide bonds. The van der Waals surface area contributed by atoms with E-state index in [9.17, 15) is 19.9 Å². The number of rotatable bonds is 10. The van der Waals surface area contributed by atoms with Gasteiger partial charge in [-0.25, -0.2) is 9.67 Å². The van der Waals surface area contributed by atoms with E-state index in [0.717, 1.165) is 5.69 Å². The molecule has 3 aromatic rings. The molecule has 1 aliphatic rings. The number of carbonyl (C=O) groups is 2.